The second-order valence-electron chi connectivity index (χ2n) is 9.22. The molecule has 0 bridgehead atoms. The molecule has 31 heavy (non-hydrogen) atoms. The monoisotopic (exact) mass is 426 g/mol. The third kappa shape index (κ3) is 5.92. The van der Waals surface area contributed by atoms with Crippen molar-refractivity contribution in [1.82, 2.24) is 15.5 Å². The summed E-state index contributed by atoms with van der Waals surface area (Å²) >= 11 is 0. The highest BCUT2D eigenvalue weighted by atomic mass is 16.5. The van der Waals surface area contributed by atoms with Gasteiger partial charge in [0.05, 0.1) is 12.6 Å². The van der Waals surface area contributed by atoms with Crippen molar-refractivity contribution in [2.24, 2.45) is 10.9 Å². The lowest BCUT2D eigenvalue weighted by Gasteiger charge is -2.27. The van der Waals surface area contributed by atoms with Crippen LogP contribution in [0.15, 0.2) is 29.3 Å². The summed E-state index contributed by atoms with van der Waals surface area (Å²) in [4.78, 5) is 19.8. The van der Waals surface area contributed by atoms with E-state index >= 15 is 0 Å². The third-order valence-electron chi connectivity index (χ3n) is 6.87. The summed E-state index contributed by atoms with van der Waals surface area (Å²) in [6.07, 6.45) is 10.7. The van der Waals surface area contributed by atoms with E-state index in [9.17, 15) is 4.79 Å². The number of carbonyl (C=O) groups excluding carboxylic acids is 1. The maximum atomic E-state index is 12.9. The van der Waals surface area contributed by atoms with Crippen molar-refractivity contribution in [2.45, 2.75) is 83.4 Å². The van der Waals surface area contributed by atoms with Gasteiger partial charge < -0.3 is 20.3 Å². The average Bonchev–Trinajstić information content (AvgIpc) is 3.24. The van der Waals surface area contributed by atoms with Gasteiger partial charge in [0, 0.05) is 37.2 Å². The molecule has 2 N–H and O–H groups in total. The van der Waals surface area contributed by atoms with E-state index < -0.39 is 0 Å². The lowest BCUT2D eigenvalue weighted by atomic mass is 9.88. The Morgan fingerprint density at radius 2 is 1.90 bits per heavy atom. The molecule has 170 valence electrons. The van der Waals surface area contributed by atoms with Crippen LogP contribution in [-0.4, -0.2) is 48.5 Å². The number of nitrogens with one attached hydrogen (secondary N) is 2. The molecular weight excluding hydrogens is 388 g/mol. The van der Waals surface area contributed by atoms with Crippen molar-refractivity contribution in [3.63, 3.8) is 0 Å². The zero-order chi connectivity index (χ0) is 21.5. The molecule has 1 unspecified atom stereocenters. The molecular formula is C25H38N4O2. The lowest BCUT2D eigenvalue weighted by molar-refractivity contribution is -0.135. The molecule has 1 heterocycles. The van der Waals surface area contributed by atoms with Crippen LogP contribution < -0.4 is 15.4 Å². The number of benzene rings is 1. The number of ether oxygens (including phenoxy) is 1. The van der Waals surface area contributed by atoms with Crippen molar-refractivity contribution in [3.8, 4) is 5.75 Å². The van der Waals surface area contributed by atoms with Gasteiger partial charge in [-0.15, -0.1) is 0 Å². The predicted molar refractivity (Wildman–Crippen MR) is 124 cm³/mol. The van der Waals surface area contributed by atoms with E-state index in [2.05, 4.69) is 34.6 Å². The molecule has 1 atom stereocenters. The minimum Gasteiger partial charge on any atom is -0.490 e. The van der Waals surface area contributed by atoms with Gasteiger partial charge in [0.25, 0.3) is 0 Å². The van der Waals surface area contributed by atoms with Gasteiger partial charge in [-0.3, -0.25) is 4.79 Å². The first-order chi connectivity index (χ1) is 15.2. The molecule has 6 heteroatoms. The highest BCUT2D eigenvalue weighted by molar-refractivity contribution is 5.81. The Balaban J connectivity index is 1.33. The number of amides is 1. The Kier molecular flexibility index (Phi) is 7.71. The van der Waals surface area contributed by atoms with Crippen LogP contribution in [-0.2, 0) is 11.3 Å². The number of nitrogens with zero attached hydrogens (tertiary/aromatic N) is 2. The van der Waals surface area contributed by atoms with E-state index in [4.69, 9.17) is 9.73 Å². The minimum atomic E-state index is 0.251. The van der Waals surface area contributed by atoms with Crippen molar-refractivity contribution in [1.29, 1.82) is 0 Å². The SMILES string of the molecule is CCNC(=NCc1ccccc1OC1CCC1)NC1CCN(C(=O)C2CCCCC2)C1. The van der Waals surface area contributed by atoms with Gasteiger partial charge in [-0.2, -0.15) is 0 Å². The Morgan fingerprint density at radius 1 is 1.10 bits per heavy atom. The average molecular weight is 427 g/mol. The van der Waals surface area contributed by atoms with Crippen molar-refractivity contribution >= 4 is 11.9 Å². The maximum absolute atomic E-state index is 12.9. The Hall–Kier alpha value is -2.24. The third-order valence-corrected chi connectivity index (χ3v) is 6.87. The van der Waals surface area contributed by atoms with Gasteiger partial charge >= 0.3 is 0 Å². The quantitative estimate of drug-likeness (QED) is 0.513. The van der Waals surface area contributed by atoms with Gasteiger partial charge in [-0.25, -0.2) is 4.99 Å². The summed E-state index contributed by atoms with van der Waals surface area (Å²) in [5.41, 5.74) is 1.12. The summed E-state index contributed by atoms with van der Waals surface area (Å²) in [6.45, 7) is 5.10. The Bertz CT molecular complexity index is 756. The van der Waals surface area contributed by atoms with E-state index in [1.165, 1.54) is 25.7 Å². The molecule has 1 aromatic rings. The van der Waals surface area contributed by atoms with E-state index in [1.807, 2.05) is 12.1 Å². The van der Waals surface area contributed by atoms with Gasteiger partial charge in [0.2, 0.25) is 5.91 Å². The zero-order valence-electron chi connectivity index (χ0n) is 18.9. The number of hydrogen-bond acceptors (Lipinski definition) is 3. The van der Waals surface area contributed by atoms with E-state index in [1.54, 1.807) is 0 Å². The Morgan fingerprint density at radius 3 is 2.65 bits per heavy atom. The van der Waals surface area contributed by atoms with Gasteiger partial charge in [-0.05, 0) is 51.5 Å². The molecule has 2 saturated carbocycles. The molecule has 1 saturated heterocycles. The second kappa shape index (κ2) is 10.9. The molecule has 3 fully saturated rings. The number of carbonyl (C=O) groups is 1. The van der Waals surface area contributed by atoms with Crippen LogP contribution >= 0.6 is 0 Å². The van der Waals surface area contributed by atoms with Gasteiger partial charge in [0.15, 0.2) is 5.96 Å². The molecule has 0 spiro atoms. The van der Waals surface area contributed by atoms with Crippen LogP contribution in [0.5, 0.6) is 5.75 Å². The topological polar surface area (TPSA) is 66.0 Å². The van der Waals surface area contributed by atoms with E-state index in [-0.39, 0.29) is 12.0 Å². The molecule has 3 aliphatic rings. The van der Waals surface area contributed by atoms with Crippen LogP contribution in [0.25, 0.3) is 0 Å². The normalized spacial score (nSPS) is 22.8. The molecule has 6 nitrogen and oxygen atoms in total. The van der Waals surface area contributed by atoms with Gasteiger partial charge in [0.1, 0.15) is 5.75 Å². The first kappa shape index (κ1) is 22.0. The fourth-order valence-corrected chi connectivity index (χ4v) is 4.78. The number of rotatable bonds is 7. The summed E-state index contributed by atoms with van der Waals surface area (Å²) in [7, 11) is 0. The Labute approximate surface area is 186 Å². The molecule has 1 aromatic carbocycles. The number of para-hydroxylation sites is 1. The van der Waals surface area contributed by atoms with Crippen LogP contribution in [0.2, 0.25) is 0 Å². The standard InChI is InChI=1S/C25H38N4O2/c1-2-26-25(27-17-20-11-6-7-14-23(20)31-22-12-8-13-22)28-21-15-16-29(18-21)24(30)19-9-4-3-5-10-19/h6-7,11,14,19,21-22H,2-5,8-10,12-13,15-18H2,1H3,(H2,26,27,28). The molecule has 1 aliphatic heterocycles. The van der Waals surface area contributed by atoms with Crippen LogP contribution in [0.4, 0.5) is 0 Å². The van der Waals surface area contributed by atoms with Crippen LogP contribution in [0.3, 0.4) is 0 Å². The van der Waals surface area contributed by atoms with E-state index in [0.29, 0.717) is 18.6 Å². The molecule has 1 amide bonds. The predicted octanol–water partition coefficient (Wildman–Crippen LogP) is 3.85. The molecule has 0 aromatic heterocycles. The fraction of sp³-hybridized carbons (Fsp3) is 0.680. The molecule has 2 aliphatic carbocycles. The summed E-state index contributed by atoms with van der Waals surface area (Å²) in [6, 6.07) is 8.48. The maximum Gasteiger partial charge on any atom is 0.225 e. The minimum absolute atomic E-state index is 0.251. The second-order valence-corrected chi connectivity index (χ2v) is 9.22. The fourth-order valence-electron chi connectivity index (χ4n) is 4.78. The van der Waals surface area contributed by atoms with Crippen LogP contribution in [0.1, 0.15) is 70.3 Å². The summed E-state index contributed by atoms with van der Waals surface area (Å²) in [5.74, 6) is 2.39. The summed E-state index contributed by atoms with van der Waals surface area (Å²) < 4.78 is 6.15. The highest BCUT2D eigenvalue weighted by Gasteiger charge is 2.31. The number of aliphatic imine (C=N–C) groups is 1. The van der Waals surface area contributed by atoms with Crippen LogP contribution in [0, 0.1) is 5.92 Å². The summed E-state index contributed by atoms with van der Waals surface area (Å²) in [5, 5.41) is 6.93. The van der Waals surface area contributed by atoms with E-state index in [0.717, 1.165) is 69.0 Å². The zero-order valence-corrected chi connectivity index (χ0v) is 18.9. The van der Waals surface area contributed by atoms with Crippen molar-refractivity contribution in [2.75, 3.05) is 19.6 Å². The smallest absolute Gasteiger partial charge is 0.225 e. The van der Waals surface area contributed by atoms with Gasteiger partial charge in [-0.1, -0.05) is 37.5 Å². The number of guanidine groups is 1. The van der Waals surface area contributed by atoms with Crippen molar-refractivity contribution < 1.29 is 9.53 Å². The highest BCUT2D eigenvalue weighted by Crippen LogP contribution is 2.28. The largest absolute Gasteiger partial charge is 0.490 e. The number of hydrogen-bond donors (Lipinski definition) is 2. The lowest BCUT2D eigenvalue weighted by Crippen LogP contribution is -2.45. The molecule has 0 radical (unpaired) electrons. The molecule has 4 rings (SSSR count). The first-order valence-electron chi connectivity index (χ1n) is 12.3. The first-order valence-corrected chi connectivity index (χ1v) is 12.3. The van der Waals surface area contributed by atoms with Crippen molar-refractivity contribution in [3.05, 3.63) is 29.8 Å². The number of likely N-dealkylation sites (tertiary alicyclic amines) is 1.